The Morgan fingerprint density at radius 3 is 2.85 bits per heavy atom. The smallest absolute Gasteiger partial charge is 0.244 e. The number of aliphatic hydroxyl groups excluding tert-OH is 1. The van der Waals surface area contributed by atoms with E-state index < -0.39 is 5.54 Å². The number of nitrogens with two attached hydrogens (primary N) is 1. The maximum Gasteiger partial charge on any atom is 0.244 e. The van der Waals surface area contributed by atoms with E-state index in [4.69, 9.17) is 10.5 Å². The highest BCUT2D eigenvalue weighted by Crippen LogP contribution is 2.58. The zero-order chi connectivity index (χ0) is 14.5. The van der Waals surface area contributed by atoms with Crippen molar-refractivity contribution in [1.29, 1.82) is 0 Å². The van der Waals surface area contributed by atoms with Gasteiger partial charge in [-0.2, -0.15) is 0 Å². The van der Waals surface area contributed by atoms with Crippen LogP contribution in [0.1, 0.15) is 39.5 Å². The summed E-state index contributed by atoms with van der Waals surface area (Å²) in [5, 5.41) is 9.44. The number of likely N-dealkylation sites (tertiary alicyclic amines) is 1. The van der Waals surface area contributed by atoms with Gasteiger partial charge in [-0.15, -0.1) is 0 Å². The second-order valence-corrected chi connectivity index (χ2v) is 7.11. The van der Waals surface area contributed by atoms with E-state index in [-0.39, 0.29) is 36.0 Å². The van der Waals surface area contributed by atoms with E-state index in [1.165, 1.54) is 0 Å². The van der Waals surface area contributed by atoms with Crippen molar-refractivity contribution >= 4 is 5.91 Å². The van der Waals surface area contributed by atoms with E-state index in [1.54, 1.807) is 0 Å². The fourth-order valence-electron chi connectivity index (χ4n) is 4.54. The Balaban J connectivity index is 1.85. The van der Waals surface area contributed by atoms with E-state index in [9.17, 15) is 9.90 Å². The molecule has 0 bridgehead atoms. The number of hydrogen-bond donors (Lipinski definition) is 2. The lowest BCUT2D eigenvalue weighted by Gasteiger charge is -2.65. The largest absolute Gasteiger partial charge is 0.394 e. The van der Waals surface area contributed by atoms with Crippen molar-refractivity contribution in [3.05, 3.63) is 0 Å². The molecule has 3 rings (SSSR count). The van der Waals surface area contributed by atoms with Crippen LogP contribution < -0.4 is 5.73 Å². The maximum atomic E-state index is 13.0. The van der Waals surface area contributed by atoms with Crippen molar-refractivity contribution in [1.82, 2.24) is 4.90 Å². The second-order valence-electron chi connectivity index (χ2n) is 7.11. The van der Waals surface area contributed by atoms with Gasteiger partial charge in [-0.3, -0.25) is 4.79 Å². The van der Waals surface area contributed by atoms with E-state index >= 15 is 0 Å². The topological polar surface area (TPSA) is 75.8 Å². The van der Waals surface area contributed by atoms with Crippen LogP contribution in [0.2, 0.25) is 0 Å². The zero-order valence-electron chi connectivity index (χ0n) is 12.5. The molecule has 3 aliphatic rings. The Kier molecular flexibility index (Phi) is 3.35. The monoisotopic (exact) mass is 282 g/mol. The van der Waals surface area contributed by atoms with E-state index in [1.807, 2.05) is 18.7 Å². The molecule has 4 atom stereocenters. The Morgan fingerprint density at radius 1 is 1.40 bits per heavy atom. The molecule has 2 saturated heterocycles. The predicted molar refractivity (Wildman–Crippen MR) is 75.0 cm³/mol. The molecule has 3 N–H and O–H groups in total. The molecule has 1 aliphatic carbocycles. The van der Waals surface area contributed by atoms with Gasteiger partial charge in [-0.25, -0.2) is 0 Å². The Morgan fingerprint density at radius 2 is 2.15 bits per heavy atom. The van der Waals surface area contributed by atoms with Crippen LogP contribution in [0.5, 0.6) is 0 Å². The number of aliphatic hydroxyl groups is 1. The molecule has 0 aromatic heterocycles. The number of amides is 1. The average molecular weight is 282 g/mol. The number of carbonyl (C=O) groups excluding carboxylic acids is 1. The van der Waals surface area contributed by atoms with Crippen molar-refractivity contribution in [2.75, 3.05) is 19.8 Å². The first kappa shape index (κ1) is 14.3. The highest BCUT2D eigenvalue weighted by molar-refractivity contribution is 5.90. The molecular weight excluding hydrogens is 256 g/mol. The van der Waals surface area contributed by atoms with Gasteiger partial charge in [0.2, 0.25) is 5.91 Å². The van der Waals surface area contributed by atoms with Crippen LogP contribution in [0, 0.1) is 11.3 Å². The predicted octanol–water partition coefficient (Wildman–Crippen LogP) is 0.502. The summed E-state index contributed by atoms with van der Waals surface area (Å²) in [6.07, 6.45) is 3.88. The molecule has 1 saturated carbocycles. The Labute approximate surface area is 120 Å². The first-order valence-corrected chi connectivity index (χ1v) is 7.77. The van der Waals surface area contributed by atoms with Gasteiger partial charge >= 0.3 is 0 Å². The van der Waals surface area contributed by atoms with Gasteiger partial charge in [-0.1, -0.05) is 13.8 Å². The van der Waals surface area contributed by atoms with Gasteiger partial charge in [0.1, 0.15) is 5.54 Å². The fourth-order valence-corrected chi connectivity index (χ4v) is 4.54. The fraction of sp³-hybridized carbons (Fsp3) is 0.933. The minimum absolute atomic E-state index is 0.0193. The first-order chi connectivity index (χ1) is 9.44. The summed E-state index contributed by atoms with van der Waals surface area (Å²) in [5.41, 5.74) is 5.45. The van der Waals surface area contributed by atoms with Crippen LogP contribution in [-0.4, -0.2) is 53.4 Å². The van der Waals surface area contributed by atoms with E-state index in [0.717, 1.165) is 38.8 Å². The second kappa shape index (κ2) is 4.68. The highest BCUT2D eigenvalue weighted by Gasteiger charge is 2.71. The molecule has 0 aromatic rings. The first-order valence-electron chi connectivity index (χ1n) is 7.77. The zero-order valence-corrected chi connectivity index (χ0v) is 12.5. The molecular formula is C15H26N2O3. The summed E-state index contributed by atoms with van der Waals surface area (Å²) in [4.78, 5) is 14.8. The van der Waals surface area contributed by atoms with Gasteiger partial charge in [0.25, 0.3) is 0 Å². The summed E-state index contributed by atoms with van der Waals surface area (Å²) in [7, 11) is 0. The summed E-state index contributed by atoms with van der Waals surface area (Å²) < 4.78 is 5.85. The lowest BCUT2D eigenvalue weighted by Crippen LogP contribution is -2.82. The highest BCUT2D eigenvalue weighted by atomic mass is 16.5. The molecule has 114 valence electrons. The number of fused-ring (bicyclic) bond motifs is 1. The van der Waals surface area contributed by atoms with Gasteiger partial charge in [0.05, 0.1) is 18.8 Å². The van der Waals surface area contributed by atoms with Crippen LogP contribution in [-0.2, 0) is 9.53 Å². The number of ether oxygens (including phenoxy) is 1. The van der Waals surface area contributed by atoms with E-state index in [0.29, 0.717) is 0 Å². The van der Waals surface area contributed by atoms with Crippen molar-refractivity contribution in [2.45, 2.75) is 57.2 Å². The van der Waals surface area contributed by atoms with Crippen molar-refractivity contribution in [3.63, 3.8) is 0 Å². The molecule has 4 unspecified atom stereocenters. The molecule has 20 heavy (non-hydrogen) atoms. The number of rotatable bonds is 2. The SMILES string of the molecule is CC1(C)C2OCCCC2C1(N)C(=O)N1CCCC1CO. The quantitative estimate of drug-likeness (QED) is 0.773. The minimum atomic E-state index is -0.837. The van der Waals surface area contributed by atoms with Crippen LogP contribution >= 0.6 is 0 Å². The standard InChI is InChI=1S/C15H26N2O3/c1-14(2)12-11(6-4-8-20-12)15(14,16)13(19)17-7-3-5-10(17)9-18/h10-12,18H,3-9,16H2,1-2H3. The van der Waals surface area contributed by atoms with E-state index in [2.05, 4.69) is 0 Å². The molecule has 2 heterocycles. The van der Waals surface area contributed by atoms with Crippen LogP contribution in [0.4, 0.5) is 0 Å². The molecule has 0 aromatic carbocycles. The lowest BCUT2D eigenvalue weighted by molar-refractivity contribution is -0.230. The third-order valence-corrected chi connectivity index (χ3v) is 5.89. The number of nitrogens with zero attached hydrogens (tertiary/aromatic N) is 1. The summed E-state index contributed by atoms with van der Waals surface area (Å²) >= 11 is 0. The minimum Gasteiger partial charge on any atom is -0.394 e. The van der Waals surface area contributed by atoms with Crippen molar-refractivity contribution in [3.8, 4) is 0 Å². The third kappa shape index (κ3) is 1.63. The summed E-state index contributed by atoms with van der Waals surface area (Å²) in [5.74, 6) is 0.143. The van der Waals surface area contributed by atoms with Gasteiger partial charge in [-0.05, 0) is 25.7 Å². The maximum absolute atomic E-state index is 13.0. The van der Waals surface area contributed by atoms with Gasteiger partial charge in [0.15, 0.2) is 0 Å². The summed E-state index contributed by atoms with van der Waals surface area (Å²) in [6, 6.07) is -0.0534. The average Bonchev–Trinajstić information content (AvgIpc) is 2.93. The number of carbonyl (C=O) groups is 1. The Bertz CT molecular complexity index is 412. The molecule has 5 heteroatoms. The number of hydrogen-bond acceptors (Lipinski definition) is 4. The third-order valence-electron chi connectivity index (χ3n) is 5.89. The van der Waals surface area contributed by atoms with Crippen molar-refractivity contribution < 1.29 is 14.6 Å². The summed E-state index contributed by atoms with van der Waals surface area (Å²) in [6.45, 7) is 5.62. The molecule has 2 aliphatic heterocycles. The van der Waals surface area contributed by atoms with Gasteiger partial charge < -0.3 is 20.5 Å². The lowest BCUT2D eigenvalue weighted by atomic mass is 9.46. The van der Waals surface area contributed by atoms with Crippen molar-refractivity contribution in [2.24, 2.45) is 17.1 Å². The van der Waals surface area contributed by atoms with Gasteiger partial charge in [0, 0.05) is 24.5 Å². The molecule has 1 amide bonds. The molecule has 5 nitrogen and oxygen atoms in total. The molecule has 3 fully saturated rings. The van der Waals surface area contributed by atoms with Crippen LogP contribution in [0.25, 0.3) is 0 Å². The van der Waals surface area contributed by atoms with Crippen LogP contribution in [0.3, 0.4) is 0 Å². The molecule has 0 radical (unpaired) electrons. The normalized spacial score (nSPS) is 43.0. The van der Waals surface area contributed by atoms with Crippen LogP contribution in [0.15, 0.2) is 0 Å². The Hall–Kier alpha value is -0.650. The molecule has 0 spiro atoms.